The fourth-order valence-electron chi connectivity index (χ4n) is 0.972. The number of halogens is 1. The maximum atomic E-state index is 11.6. The first-order valence-corrected chi connectivity index (χ1v) is 6.16. The lowest BCUT2D eigenvalue weighted by atomic mass is 10.1. The maximum absolute atomic E-state index is 11.6. The van der Waals surface area contributed by atoms with Crippen molar-refractivity contribution in [1.82, 2.24) is 5.32 Å². The van der Waals surface area contributed by atoms with Gasteiger partial charge in [-0.1, -0.05) is 12.1 Å². The number of amides is 1. The minimum absolute atomic E-state index is 0.104. The predicted octanol–water partition coefficient (Wildman–Crippen LogP) is 1.62. The van der Waals surface area contributed by atoms with Crippen LogP contribution in [0.4, 0.5) is 0 Å². The molecule has 4 N–H and O–H groups in total. The van der Waals surface area contributed by atoms with Gasteiger partial charge in [0.2, 0.25) is 0 Å². The predicted molar refractivity (Wildman–Crippen MR) is 66.9 cm³/mol. The second-order valence-electron chi connectivity index (χ2n) is 3.24. The molecule has 0 aliphatic rings. The van der Waals surface area contributed by atoms with Crippen LogP contribution in [0.5, 0.6) is 0 Å². The number of thiophene rings is 1. The van der Waals surface area contributed by atoms with Crippen LogP contribution >= 0.6 is 27.3 Å². The van der Waals surface area contributed by atoms with Crippen molar-refractivity contribution < 1.29 is 10.0 Å². The van der Waals surface area contributed by atoms with Gasteiger partial charge in [0, 0.05) is 12.5 Å². The van der Waals surface area contributed by atoms with Gasteiger partial charge in [0.1, 0.15) is 5.84 Å². The molecule has 0 aliphatic carbocycles. The molecule has 0 fully saturated rings. The van der Waals surface area contributed by atoms with Crippen molar-refractivity contribution in [3.63, 3.8) is 0 Å². The lowest BCUT2D eigenvalue weighted by Gasteiger charge is -2.09. The lowest BCUT2D eigenvalue weighted by molar-refractivity contribution is 0.0955. The van der Waals surface area contributed by atoms with Gasteiger partial charge in [0.05, 0.1) is 8.66 Å². The fraction of sp³-hybridized carbons (Fsp3) is 0.333. The Balaban J connectivity index is 2.47. The first kappa shape index (κ1) is 13.0. The molecular weight excluding hydrogens is 294 g/mol. The number of nitrogens with zero attached hydrogens (tertiary/aromatic N) is 1. The van der Waals surface area contributed by atoms with E-state index in [1.54, 1.807) is 13.0 Å². The second-order valence-corrected chi connectivity index (χ2v) is 5.70. The van der Waals surface area contributed by atoms with Crippen molar-refractivity contribution in [1.29, 1.82) is 0 Å². The molecule has 0 aromatic carbocycles. The summed E-state index contributed by atoms with van der Waals surface area (Å²) in [6, 6.07) is 3.55. The zero-order chi connectivity index (χ0) is 12.1. The van der Waals surface area contributed by atoms with Gasteiger partial charge in [0.25, 0.3) is 5.91 Å². The van der Waals surface area contributed by atoms with Crippen LogP contribution in [-0.2, 0) is 0 Å². The number of carbonyl (C=O) groups excluding carboxylic acids is 1. The molecule has 0 saturated carbocycles. The van der Waals surface area contributed by atoms with E-state index in [4.69, 9.17) is 10.9 Å². The molecule has 16 heavy (non-hydrogen) atoms. The van der Waals surface area contributed by atoms with Crippen LogP contribution in [0.25, 0.3) is 0 Å². The third-order valence-electron chi connectivity index (χ3n) is 1.99. The Bertz CT molecular complexity index is 405. The van der Waals surface area contributed by atoms with Gasteiger partial charge in [0.15, 0.2) is 0 Å². The highest BCUT2D eigenvalue weighted by atomic mass is 79.9. The van der Waals surface area contributed by atoms with Crippen LogP contribution in [0.15, 0.2) is 21.1 Å². The highest BCUT2D eigenvalue weighted by molar-refractivity contribution is 9.11. The molecular formula is C9H12BrN3O2S. The molecule has 0 bridgehead atoms. The van der Waals surface area contributed by atoms with Crippen LogP contribution in [0.3, 0.4) is 0 Å². The van der Waals surface area contributed by atoms with Crippen molar-refractivity contribution in [2.75, 3.05) is 6.54 Å². The SMILES string of the molecule is CC(CNC(=O)c1ccc(Br)s1)C(N)=NO. The number of nitrogens with two attached hydrogens (primary N) is 1. The third-order valence-corrected chi connectivity index (χ3v) is 3.61. The van der Waals surface area contributed by atoms with Gasteiger partial charge in [-0.25, -0.2) is 0 Å². The zero-order valence-electron chi connectivity index (χ0n) is 8.61. The fourth-order valence-corrected chi connectivity index (χ4v) is 2.27. The van der Waals surface area contributed by atoms with Crippen LogP contribution in [0.1, 0.15) is 16.6 Å². The van der Waals surface area contributed by atoms with Crippen molar-refractivity contribution >= 4 is 39.0 Å². The van der Waals surface area contributed by atoms with E-state index in [0.717, 1.165) is 3.79 Å². The molecule has 0 spiro atoms. The van der Waals surface area contributed by atoms with E-state index >= 15 is 0 Å². The molecule has 1 aromatic heterocycles. The number of nitrogens with one attached hydrogen (secondary N) is 1. The first-order valence-electron chi connectivity index (χ1n) is 4.55. The van der Waals surface area contributed by atoms with E-state index in [1.165, 1.54) is 11.3 Å². The largest absolute Gasteiger partial charge is 0.409 e. The van der Waals surface area contributed by atoms with E-state index in [-0.39, 0.29) is 17.7 Å². The Hall–Kier alpha value is -1.08. The van der Waals surface area contributed by atoms with E-state index in [9.17, 15) is 4.79 Å². The number of oxime groups is 1. The molecule has 7 heteroatoms. The van der Waals surface area contributed by atoms with Gasteiger partial charge < -0.3 is 16.3 Å². The van der Waals surface area contributed by atoms with Crippen molar-refractivity contribution in [2.24, 2.45) is 16.8 Å². The van der Waals surface area contributed by atoms with Crippen molar-refractivity contribution in [2.45, 2.75) is 6.92 Å². The summed E-state index contributed by atoms with van der Waals surface area (Å²) >= 11 is 4.64. The number of carbonyl (C=O) groups is 1. The van der Waals surface area contributed by atoms with Crippen LogP contribution in [-0.4, -0.2) is 23.5 Å². The highest BCUT2D eigenvalue weighted by Crippen LogP contribution is 2.21. The molecule has 1 atom stereocenters. The summed E-state index contributed by atoms with van der Waals surface area (Å²) in [5.41, 5.74) is 5.39. The average Bonchev–Trinajstić information content (AvgIpc) is 2.71. The second kappa shape index (κ2) is 5.86. The van der Waals surface area contributed by atoms with Gasteiger partial charge in [-0.15, -0.1) is 11.3 Å². The van der Waals surface area contributed by atoms with Crippen molar-refractivity contribution in [3.05, 3.63) is 20.8 Å². The molecule has 88 valence electrons. The summed E-state index contributed by atoms with van der Waals surface area (Å²) in [7, 11) is 0. The molecule has 1 heterocycles. The molecule has 1 aromatic rings. The van der Waals surface area contributed by atoms with Crippen LogP contribution in [0, 0.1) is 5.92 Å². The number of rotatable bonds is 4. The molecule has 1 rings (SSSR count). The Labute approximate surface area is 105 Å². The van der Waals surface area contributed by atoms with E-state index < -0.39 is 0 Å². The Morgan fingerprint density at radius 3 is 2.94 bits per heavy atom. The third kappa shape index (κ3) is 3.49. The topological polar surface area (TPSA) is 87.7 Å². The summed E-state index contributed by atoms with van der Waals surface area (Å²) in [5, 5.41) is 14.0. The summed E-state index contributed by atoms with van der Waals surface area (Å²) in [6.45, 7) is 2.10. The minimum atomic E-state index is -0.197. The standard InChI is InChI=1S/C9H12BrN3O2S/c1-5(8(11)13-15)4-12-9(14)6-2-3-7(10)16-6/h2-3,5,15H,4H2,1H3,(H2,11,13)(H,12,14). The molecule has 0 saturated heterocycles. The Morgan fingerprint density at radius 1 is 1.75 bits per heavy atom. The van der Waals surface area contributed by atoms with Crippen LogP contribution in [0.2, 0.25) is 0 Å². The summed E-state index contributed by atoms with van der Waals surface area (Å²) in [5.74, 6) is -0.252. The van der Waals surface area contributed by atoms with Crippen molar-refractivity contribution in [3.8, 4) is 0 Å². The van der Waals surface area contributed by atoms with Gasteiger partial charge in [-0.05, 0) is 28.1 Å². The summed E-state index contributed by atoms with van der Waals surface area (Å²) in [4.78, 5) is 12.2. The molecule has 0 radical (unpaired) electrons. The normalized spacial score (nSPS) is 13.5. The molecule has 5 nitrogen and oxygen atoms in total. The lowest BCUT2D eigenvalue weighted by Crippen LogP contribution is -2.34. The summed E-state index contributed by atoms with van der Waals surface area (Å²) in [6.07, 6.45) is 0. The van der Waals surface area contributed by atoms with Gasteiger partial charge in [-0.2, -0.15) is 0 Å². The number of amidine groups is 1. The van der Waals surface area contributed by atoms with E-state index in [1.807, 2.05) is 6.07 Å². The summed E-state index contributed by atoms with van der Waals surface area (Å²) < 4.78 is 0.905. The smallest absolute Gasteiger partial charge is 0.261 e. The van der Waals surface area contributed by atoms with Gasteiger partial charge >= 0.3 is 0 Å². The Kier molecular flexibility index (Phi) is 4.75. The van der Waals surface area contributed by atoms with Crippen LogP contribution < -0.4 is 11.1 Å². The minimum Gasteiger partial charge on any atom is -0.409 e. The van der Waals surface area contributed by atoms with E-state index in [2.05, 4.69) is 26.4 Å². The number of hydrogen-bond donors (Lipinski definition) is 3. The Morgan fingerprint density at radius 2 is 2.44 bits per heavy atom. The first-order chi connectivity index (χ1) is 7.54. The molecule has 1 unspecified atom stereocenters. The average molecular weight is 306 g/mol. The van der Waals surface area contributed by atoms with Gasteiger partial charge in [-0.3, -0.25) is 4.79 Å². The zero-order valence-corrected chi connectivity index (χ0v) is 11.0. The molecule has 0 aliphatic heterocycles. The maximum Gasteiger partial charge on any atom is 0.261 e. The quantitative estimate of drug-likeness (QED) is 0.342. The highest BCUT2D eigenvalue weighted by Gasteiger charge is 2.12. The number of hydrogen-bond acceptors (Lipinski definition) is 4. The van der Waals surface area contributed by atoms with E-state index in [0.29, 0.717) is 11.4 Å². The molecule has 1 amide bonds. The monoisotopic (exact) mass is 305 g/mol.